The molecule has 3 nitrogen and oxygen atoms in total. The van der Waals surface area contributed by atoms with E-state index < -0.39 is 0 Å². The van der Waals surface area contributed by atoms with E-state index in [4.69, 9.17) is 4.74 Å². The fourth-order valence-electron chi connectivity index (χ4n) is 3.02. The summed E-state index contributed by atoms with van der Waals surface area (Å²) in [4.78, 5) is 0. The highest BCUT2D eigenvalue weighted by Crippen LogP contribution is 2.34. The second-order valence-corrected chi connectivity index (χ2v) is 5.83. The topological polar surface area (TPSA) is 41.5 Å². The molecule has 1 fully saturated rings. The Morgan fingerprint density at radius 3 is 2.63 bits per heavy atom. The van der Waals surface area contributed by atoms with Crippen molar-refractivity contribution in [3.63, 3.8) is 0 Å². The van der Waals surface area contributed by atoms with Crippen molar-refractivity contribution in [2.24, 2.45) is 11.8 Å². The summed E-state index contributed by atoms with van der Waals surface area (Å²) >= 11 is 0. The van der Waals surface area contributed by atoms with E-state index in [1.165, 1.54) is 12.8 Å². The average Bonchev–Trinajstić information content (AvgIpc) is 2.71. The van der Waals surface area contributed by atoms with Crippen LogP contribution in [0.3, 0.4) is 0 Å². The molecule has 1 aliphatic carbocycles. The zero-order valence-electron chi connectivity index (χ0n) is 12.3. The summed E-state index contributed by atoms with van der Waals surface area (Å²) in [6, 6.07) is 6.07. The number of phenolic OH excluding ortho intramolecular Hbond substituents is 1. The van der Waals surface area contributed by atoms with Crippen molar-refractivity contribution < 1.29 is 9.84 Å². The number of hydrogen-bond donors (Lipinski definition) is 2. The molecule has 0 bridgehead atoms. The number of methoxy groups -OCH3 is 1. The van der Waals surface area contributed by atoms with Crippen LogP contribution in [0, 0.1) is 11.8 Å². The number of rotatable bonds is 4. The van der Waals surface area contributed by atoms with Gasteiger partial charge in [0, 0.05) is 17.6 Å². The predicted octanol–water partition coefficient (Wildman–Crippen LogP) is 3.49. The van der Waals surface area contributed by atoms with Crippen molar-refractivity contribution >= 4 is 0 Å². The normalized spacial score (nSPS) is 28.3. The van der Waals surface area contributed by atoms with Gasteiger partial charge in [0.1, 0.15) is 11.5 Å². The Labute approximate surface area is 116 Å². The van der Waals surface area contributed by atoms with Gasteiger partial charge in [0.15, 0.2) is 0 Å². The fourth-order valence-corrected chi connectivity index (χ4v) is 3.02. The van der Waals surface area contributed by atoms with Crippen LogP contribution < -0.4 is 10.1 Å². The lowest BCUT2D eigenvalue weighted by Gasteiger charge is -2.25. The van der Waals surface area contributed by atoms with Crippen LogP contribution in [-0.4, -0.2) is 18.3 Å². The first-order valence-corrected chi connectivity index (χ1v) is 7.16. The van der Waals surface area contributed by atoms with Crippen molar-refractivity contribution in [1.29, 1.82) is 0 Å². The minimum absolute atomic E-state index is 0.132. The molecule has 0 aliphatic heterocycles. The molecule has 4 unspecified atom stereocenters. The van der Waals surface area contributed by atoms with Gasteiger partial charge in [0.05, 0.1) is 7.11 Å². The van der Waals surface area contributed by atoms with Crippen molar-refractivity contribution in [3.8, 4) is 11.5 Å². The van der Waals surface area contributed by atoms with Gasteiger partial charge in [0.25, 0.3) is 0 Å². The highest BCUT2D eigenvalue weighted by molar-refractivity contribution is 5.41. The van der Waals surface area contributed by atoms with E-state index in [0.29, 0.717) is 17.7 Å². The summed E-state index contributed by atoms with van der Waals surface area (Å²) in [5.41, 5.74) is 0.908. The molecule has 106 valence electrons. The van der Waals surface area contributed by atoms with Gasteiger partial charge in [-0.1, -0.05) is 13.8 Å². The summed E-state index contributed by atoms with van der Waals surface area (Å²) in [7, 11) is 1.65. The maximum atomic E-state index is 10.00. The molecule has 0 radical (unpaired) electrons. The first-order chi connectivity index (χ1) is 9.02. The third-order valence-corrected chi connectivity index (χ3v) is 4.63. The molecule has 2 rings (SSSR count). The molecule has 1 aromatic rings. The third-order valence-electron chi connectivity index (χ3n) is 4.63. The first-order valence-electron chi connectivity index (χ1n) is 7.16. The molecule has 0 aromatic heterocycles. The number of ether oxygens (including phenoxy) is 1. The Bertz CT molecular complexity index is 433. The van der Waals surface area contributed by atoms with E-state index in [1.54, 1.807) is 19.2 Å². The lowest BCUT2D eigenvalue weighted by atomic mass is 9.96. The van der Waals surface area contributed by atoms with Gasteiger partial charge in [-0.2, -0.15) is 0 Å². The van der Waals surface area contributed by atoms with Gasteiger partial charge in [0.2, 0.25) is 0 Å². The zero-order chi connectivity index (χ0) is 14.0. The number of phenols is 1. The maximum absolute atomic E-state index is 10.00. The summed E-state index contributed by atoms with van der Waals surface area (Å²) in [6.45, 7) is 6.73. The summed E-state index contributed by atoms with van der Waals surface area (Å²) in [6.07, 6.45) is 2.51. The Kier molecular flexibility index (Phi) is 4.35. The van der Waals surface area contributed by atoms with Crippen LogP contribution in [0.15, 0.2) is 18.2 Å². The Morgan fingerprint density at radius 1 is 1.32 bits per heavy atom. The van der Waals surface area contributed by atoms with Crippen molar-refractivity contribution in [3.05, 3.63) is 23.8 Å². The van der Waals surface area contributed by atoms with E-state index in [0.717, 1.165) is 17.2 Å². The molecule has 3 heteroatoms. The number of benzene rings is 1. The summed E-state index contributed by atoms with van der Waals surface area (Å²) in [5.74, 6) is 2.59. The minimum atomic E-state index is 0.132. The first kappa shape index (κ1) is 14.2. The van der Waals surface area contributed by atoms with Crippen LogP contribution in [0.2, 0.25) is 0 Å². The molecule has 1 aliphatic rings. The minimum Gasteiger partial charge on any atom is -0.508 e. The van der Waals surface area contributed by atoms with Crippen LogP contribution in [0.5, 0.6) is 11.5 Å². The van der Waals surface area contributed by atoms with Gasteiger partial charge in [-0.3, -0.25) is 0 Å². The van der Waals surface area contributed by atoms with Crippen LogP contribution in [-0.2, 0) is 0 Å². The van der Waals surface area contributed by atoms with E-state index in [2.05, 4.69) is 26.1 Å². The number of aromatic hydroxyl groups is 1. The van der Waals surface area contributed by atoms with Gasteiger partial charge >= 0.3 is 0 Å². The fraction of sp³-hybridized carbons (Fsp3) is 0.625. The molecule has 4 atom stereocenters. The highest BCUT2D eigenvalue weighted by atomic mass is 16.5. The number of hydrogen-bond acceptors (Lipinski definition) is 3. The summed E-state index contributed by atoms with van der Waals surface area (Å²) in [5, 5.41) is 13.6. The van der Waals surface area contributed by atoms with Gasteiger partial charge in [-0.15, -0.1) is 0 Å². The van der Waals surface area contributed by atoms with E-state index in [9.17, 15) is 5.11 Å². The lowest BCUT2D eigenvalue weighted by Crippen LogP contribution is -2.34. The summed E-state index contributed by atoms with van der Waals surface area (Å²) < 4.78 is 5.23. The van der Waals surface area contributed by atoms with Crippen molar-refractivity contribution in [2.75, 3.05) is 7.11 Å². The predicted molar refractivity (Wildman–Crippen MR) is 77.6 cm³/mol. The largest absolute Gasteiger partial charge is 0.508 e. The van der Waals surface area contributed by atoms with Gasteiger partial charge in [-0.25, -0.2) is 0 Å². The standard InChI is InChI=1S/C16H25NO2/c1-10-5-7-15(11(10)2)17-12(3)14-9-13(19-4)6-8-16(14)18/h6,8-12,15,17-18H,5,7H2,1-4H3. The molecule has 0 spiro atoms. The second kappa shape index (κ2) is 5.83. The van der Waals surface area contributed by atoms with Gasteiger partial charge < -0.3 is 15.2 Å². The Hall–Kier alpha value is -1.22. The van der Waals surface area contributed by atoms with E-state index in [-0.39, 0.29) is 6.04 Å². The lowest BCUT2D eigenvalue weighted by molar-refractivity contribution is 0.341. The Morgan fingerprint density at radius 2 is 2.05 bits per heavy atom. The Balaban J connectivity index is 2.09. The monoisotopic (exact) mass is 263 g/mol. The van der Waals surface area contributed by atoms with E-state index >= 15 is 0 Å². The molecule has 1 saturated carbocycles. The molecule has 0 heterocycles. The highest BCUT2D eigenvalue weighted by Gasteiger charge is 2.30. The second-order valence-electron chi connectivity index (χ2n) is 5.83. The molecular formula is C16H25NO2. The van der Waals surface area contributed by atoms with Crippen LogP contribution in [0.4, 0.5) is 0 Å². The molecule has 0 amide bonds. The van der Waals surface area contributed by atoms with E-state index in [1.807, 2.05) is 6.07 Å². The van der Waals surface area contributed by atoms with Crippen LogP contribution in [0.1, 0.15) is 45.2 Å². The SMILES string of the molecule is COc1ccc(O)c(C(C)NC2CCC(C)C2C)c1. The van der Waals surface area contributed by atoms with Crippen molar-refractivity contribution in [1.82, 2.24) is 5.32 Å². The zero-order valence-corrected chi connectivity index (χ0v) is 12.3. The molecule has 2 N–H and O–H groups in total. The molecule has 1 aromatic carbocycles. The smallest absolute Gasteiger partial charge is 0.120 e. The van der Waals surface area contributed by atoms with Crippen LogP contribution >= 0.6 is 0 Å². The quantitative estimate of drug-likeness (QED) is 0.873. The molecular weight excluding hydrogens is 238 g/mol. The maximum Gasteiger partial charge on any atom is 0.120 e. The molecule has 19 heavy (non-hydrogen) atoms. The van der Waals surface area contributed by atoms with Gasteiger partial charge in [-0.05, 0) is 49.8 Å². The third kappa shape index (κ3) is 3.03. The number of nitrogens with one attached hydrogen (secondary N) is 1. The van der Waals surface area contributed by atoms with Crippen molar-refractivity contribution in [2.45, 2.75) is 45.7 Å². The molecule has 0 saturated heterocycles. The van der Waals surface area contributed by atoms with Crippen LogP contribution in [0.25, 0.3) is 0 Å². The average molecular weight is 263 g/mol.